The van der Waals surface area contributed by atoms with Gasteiger partial charge in [-0.3, -0.25) is 0 Å². The minimum atomic E-state index is -0.918. The van der Waals surface area contributed by atoms with Gasteiger partial charge >= 0.3 is 0 Å². The summed E-state index contributed by atoms with van der Waals surface area (Å²) in [5.74, 6) is 2.78. The summed E-state index contributed by atoms with van der Waals surface area (Å²) in [6.45, 7) is 0.133. The number of hydrogen-bond acceptors (Lipinski definition) is 2. The minimum absolute atomic E-state index is 0.133. The molecule has 0 amide bonds. The van der Waals surface area contributed by atoms with E-state index in [0.717, 1.165) is 11.1 Å². The van der Waals surface area contributed by atoms with Gasteiger partial charge in [0.1, 0.15) is 6.79 Å². The Morgan fingerprint density at radius 2 is 1.42 bits per heavy atom. The maximum atomic E-state index is 5.84. The van der Waals surface area contributed by atoms with Crippen molar-refractivity contribution in [2.45, 2.75) is 5.60 Å². The zero-order valence-corrected chi connectivity index (χ0v) is 10.9. The molecule has 0 unspecified atom stereocenters. The Balaban J connectivity index is 2.53. The quantitative estimate of drug-likeness (QED) is 0.601. The molecule has 2 heteroatoms. The Morgan fingerprint density at radius 3 is 1.79 bits per heavy atom. The van der Waals surface area contributed by atoms with Crippen LogP contribution in [0.5, 0.6) is 0 Å². The van der Waals surface area contributed by atoms with Crippen molar-refractivity contribution in [3.05, 3.63) is 71.8 Å². The topological polar surface area (TPSA) is 18.5 Å². The van der Waals surface area contributed by atoms with Crippen LogP contribution in [0.25, 0.3) is 0 Å². The molecule has 0 saturated heterocycles. The highest BCUT2D eigenvalue weighted by molar-refractivity contribution is 5.43. The van der Waals surface area contributed by atoms with Crippen LogP contribution in [0.4, 0.5) is 0 Å². The van der Waals surface area contributed by atoms with Crippen molar-refractivity contribution in [3.63, 3.8) is 0 Å². The third-order valence-electron chi connectivity index (χ3n) is 2.96. The number of benzene rings is 2. The van der Waals surface area contributed by atoms with Crippen molar-refractivity contribution in [1.29, 1.82) is 0 Å². The van der Waals surface area contributed by atoms with Gasteiger partial charge < -0.3 is 9.47 Å². The fraction of sp³-hybridized carbons (Fsp3) is 0.176. The van der Waals surface area contributed by atoms with Gasteiger partial charge in [0, 0.05) is 18.2 Å². The van der Waals surface area contributed by atoms with Crippen LogP contribution in [0.3, 0.4) is 0 Å². The van der Waals surface area contributed by atoms with E-state index in [-0.39, 0.29) is 6.79 Å². The molecule has 2 rings (SSSR count). The minimum Gasteiger partial charge on any atom is -0.359 e. The molecule has 2 aromatic carbocycles. The van der Waals surface area contributed by atoms with Crippen LogP contribution in [0.1, 0.15) is 11.1 Å². The first-order chi connectivity index (χ1) is 9.33. The standard InChI is InChI=1S/C17H16O2/c1-3-17(19-14-18-2,15-10-6-4-7-11-15)16-12-8-5-9-13-16/h1,4-13H,14H2,2H3. The molecule has 0 N–H and O–H groups in total. The van der Waals surface area contributed by atoms with E-state index in [1.807, 2.05) is 60.7 Å². The van der Waals surface area contributed by atoms with E-state index in [0.29, 0.717) is 0 Å². The van der Waals surface area contributed by atoms with Crippen molar-refractivity contribution in [2.24, 2.45) is 0 Å². The predicted molar refractivity (Wildman–Crippen MR) is 75.5 cm³/mol. The molecule has 96 valence electrons. The van der Waals surface area contributed by atoms with E-state index >= 15 is 0 Å². The Bertz CT molecular complexity index is 501. The number of terminal acetylenes is 1. The summed E-state index contributed by atoms with van der Waals surface area (Å²) < 4.78 is 10.9. The molecule has 0 radical (unpaired) electrons. The summed E-state index contributed by atoms with van der Waals surface area (Å²) in [7, 11) is 1.58. The molecule has 2 nitrogen and oxygen atoms in total. The van der Waals surface area contributed by atoms with Crippen molar-refractivity contribution < 1.29 is 9.47 Å². The number of ether oxygens (including phenoxy) is 2. The average Bonchev–Trinajstić information content (AvgIpc) is 2.51. The molecule has 0 aliphatic carbocycles. The number of hydrogen-bond donors (Lipinski definition) is 0. The molecular formula is C17H16O2. The zero-order chi connectivity index (χ0) is 13.6. The van der Waals surface area contributed by atoms with Crippen molar-refractivity contribution in [2.75, 3.05) is 13.9 Å². The van der Waals surface area contributed by atoms with Crippen LogP contribution in [0.2, 0.25) is 0 Å². The van der Waals surface area contributed by atoms with Gasteiger partial charge in [-0.2, -0.15) is 0 Å². The van der Waals surface area contributed by atoms with Crippen molar-refractivity contribution >= 4 is 0 Å². The Hall–Kier alpha value is -2.08. The SMILES string of the molecule is C#CC(OCOC)(c1ccccc1)c1ccccc1. The van der Waals surface area contributed by atoms with Crippen LogP contribution >= 0.6 is 0 Å². The van der Waals surface area contributed by atoms with Crippen LogP contribution in [-0.2, 0) is 15.1 Å². The third kappa shape index (κ3) is 2.68. The molecule has 0 fully saturated rings. The van der Waals surface area contributed by atoms with E-state index in [1.165, 1.54) is 0 Å². The van der Waals surface area contributed by atoms with Gasteiger partial charge in [-0.25, -0.2) is 0 Å². The Labute approximate surface area is 114 Å². The van der Waals surface area contributed by atoms with Crippen LogP contribution < -0.4 is 0 Å². The molecule has 0 saturated carbocycles. The molecule has 0 bridgehead atoms. The second-order valence-electron chi connectivity index (χ2n) is 4.11. The molecule has 0 heterocycles. The lowest BCUT2D eigenvalue weighted by molar-refractivity contribution is -0.0893. The maximum Gasteiger partial charge on any atom is 0.182 e. The van der Waals surface area contributed by atoms with E-state index in [1.54, 1.807) is 7.11 Å². The fourth-order valence-electron chi connectivity index (χ4n) is 2.03. The van der Waals surface area contributed by atoms with E-state index < -0.39 is 5.60 Å². The number of rotatable bonds is 5. The van der Waals surface area contributed by atoms with Crippen LogP contribution in [0, 0.1) is 12.3 Å². The van der Waals surface area contributed by atoms with Gasteiger partial charge in [-0.15, -0.1) is 6.42 Å². The largest absolute Gasteiger partial charge is 0.359 e. The summed E-state index contributed by atoms with van der Waals surface area (Å²) in [5, 5.41) is 0. The smallest absolute Gasteiger partial charge is 0.182 e. The molecule has 0 aromatic heterocycles. The van der Waals surface area contributed by atoms with Crippen LogP contribution in [0.15, 0.2) is 60.7 Å². The summed E-state index contributed by atoms with van der Waals surface area (Å²) >= 11 is 0. The molecular weight excluding hydrogens is 236 g/mol. The summed E-state index contributed by atoms with van der Waals surface area (Å²) in [4.78, 5) is 0. The summed E-state index contributed by atoms with van der Waals surface area (Å²) in [5.41, 5.74) is 0.917. The predicted octanol–water partition coefficient (Wildman–Crippen LogP) is 3.18. The first-order valence-corrected chi connectivity index (χ1v) is 6.05. The van der Waals surface area contributed by atoms with E-state index in [9.17, 15) is 0 Å². The first-order valence-electron chi connectivity index (χ1n) is 6.05. The molecule has 0 aliphatic heterocycles. The molecule has 0 aliphatic rings. The first kappa shape index (κ1) is 13.4. The Morgan fingerprint density at radius 1 is 0.947 bits per heavy atom. The molecule has 19 heavy (non-hydrogen) atoms. The third-order valence-corrected chi connectivity index (χ3v) is 2.96. The van der Waals surface area contributed by atoms with Crippen LogP contribution in [-0.4, -0.2) is 13.9 Å². The average molecular weight is 252 g/mol. The highest BCUT2D eigenvalue weighted by atomic mass is 16.7. The van der Waals surface area contributed by atoms with E-state index in [2.05, 4.69) is 5.92 Å². The molecule has 2 aromatic rings. The second-order valence-corrected chi connectivity index (χ2v) is 4.11. The van der Waals surface area contributed by atoms with Gasteiger partial charge in [-0.05, 0) is 0 Å². The van der Waals surface area contributed by atoms with Crippen molar-refractivity contribution in [1.82, 2.24) is 0 Å². The lowest BCUT2D eigenvalue weighted by atomic mass is 9.87. The lowest BCUT2D eigenvalue weighted by Gasteiger charge is -2.29. The van der Waals surface area contributed by atoms with Gasteiger partial charge in [0.05, 0.1) is 0 Å². The highest BCUT2D eigenvalue weighted by Crippen LogP contribution is 2.32. The summed E-state index contributed by atoms with van der Waals surface area (Å²) in [6.07, 6.45) is 5.78. The highest BCUT2D eigenvalue weighted by Gasteiger charge is 2.33. The Kier molecular flexibility index (Phi) is 4.35. The van der Waals surface area contributed by atoms with Gasteiger partial charge in [0.2, 0.25) is 0 Å². The van der Waals surface area contributed by atoms with Gasteiger partial charge in [0.15, 0.2) is 5.60 Å². The fourth-order valence-corrected chi connectivity index (χ4v) is 2.03. The van der Waals surface area contributed by atoms with Gasteiger partial charge in [0.25, 0.3) is 0 Å². The summed E-state index contributed by atoms with van der Waals surface area (Å²) in [6, 6.07) is 19.5. The molecule has 0 atom stereocenters. The zero-order valence-electron chi connectivity index (χ0n) is 10.9. The van der Waals surface area contributed by atoms with Crippen molar-refractivity contribution in [3.8, 4) is 12.3 Å². The lowest BCUT2D eigenvalue weighted by Crippen LogP contribution is -2.30. The monoisotopic (exact) mass is 252 g/mol. The second kappa shape index (κ2) is 6.19. The maximum absolute atomic E-state index is 5.84. The number of methoxy groups -OCH3 is 1. The van der Waals surface area contributed by atoms with Gasteiger partial charge in [-0.1, -0.05) is 66.6 Å². The molecule has 0 spiro atoms. The normalized spacial score (nSPS) is 10.9. The van der Waals surface area contributed by atoms with E-state index in [4.69, 9.17) is 15.9 Å².